The third kappa shape index (κ3) is 3.89. The maximum Gasteiger partial charge on any atom is 0.227 e. The molecule has 5 nitrogen and oxygen atoms in total. The van der Waals surface area contributed by atoms with Gasteiger partial charge in [0.25, 0.3) is 0 Å². The molecule has 0 spiro atoms. The number of benzene rings is 3. The zero-order chi connectivity index (χ0) is 21.9. The fraction of sp³-hybridized carbons (Fsp3) is 0.185. The van der Waals surface area contributed by atoms with E-state index in [1.807, 2.05) is 65.6 Å². The molecule has 1 aliphatic rings. The number of carbonyl (C=O) groups excluding carboxylic acids is 1. The van der Waals surface area contributed by atoms with Crippen molar-refractivity contribution in [2.75, 3.05) is 18.6 Å². The van der Waals surface area contributed by atoms with E-state index in [4.69, 9.17) is 9.72 Å². The average Bonchev–Trinajstić information content (AvgIpc) is 3.40. The van der Waals surface area contributed by atoms with Crippen LogP contribution < -0.4 is 9.64 Å². The van der Waals surface area contributed by atoms with Crippen LogP contribution in [0.3, 0.4) is 0 Å². The first-order chi connectivity index (χ1) is 15.7. The van der Waals surface area contributed by atoms with Crippen LogP contribution in [-0.2, 0) is 11.3 Å². The van der Waals surface area contributed by atoms with Gasteiger partial charge in [-0.05, 0) is 29.8 Å². The second-order valence-corrected chi connectivity index (χ2v) is 7.99. The number of ether oxygens (including phenoxy) is 1. The molecule has 3 aromatic carbocycles. The maximum atomic E-state index is 12.9. The minimum atomic E-state index is 0.0335. The van der Waals surface area contributed by atoms with E-state index in [-0.39, 0.29) is 11.8 Å². The molecule has 1 atom stereocenters. The Hall–Kier alpha value is -3.86. The summed E-state index contributed by atoms with van der Waals surface area (Å²) in [6.07, 6.45) is 4.73. The Morgan fingerprint density at radius 3 is 2.69 bits per heavy atom. The van der Waals surface area contributed by atoms with Crippen molar-refractivity contribution in [3.63, 3.8) is 0 Å². The lowest BCUT2D eigenvalue weighted by Crippen LogP contribution is -2.24. The zero-order valence-corrected chi connectivity index (χ0v) is 18.0. The Balaban J connectivity index is 1.45. The molecule has 0 unspecified atom stereocenters. The van der Waals surface area contributed by atoms with Crippen LogP contribution in [0, 0.1) is 0 Å². The molecular formula is C27H25N3O2. The number of anilines is 1. The van der Waals surface area contributed by atoms with Crippen LogP contribution in [-0.4, -0.2) is 29.1 Å². The smallest absolute Gasteiger partial charge is 0.227 e. The minimum absolute atomic E-state index is 0.0335. The van der Waals surface area contributed by atoms with Crippen LogP contribution in [0.2, 0.25) is 0 Å². The van der Waals surface area contributed by atoms with E-state index in [1.165, 1.54) is 5.56 Å². The van der Waals surface area contributed by atoms with Gasteiger partial charge in [-0.15, -0.1) is 0 Å². The molecule has 32 heavy (non-hydrogen) atoms. The first-order valence-electron chi connectivity index (χ1n) is 10.8. The van der Waals surface area contributed by atoms with Crippen molar-refractivity contribution < 1.29 is 9.53 Å². The molecule has 1 saturated heterocycles. The van der Waals surface area contributed by atoms with Gasteiger partial charge in [0.1, 0.15) is 11.6 Å². The summed E-state index contributed by atoms with van der Waals surface area (Å²) < 4.78 is 7.58. The SMILES string of the molecule is COc1cccc(N2C[C@H](c3nc4ccccc4n3C/C=C/c3ccccc3)CC2=O)c1. The van der Waals surface area contributed by atoms with Gasteiger partial charge in [-0.25, -0.2) is 4.98 Å². The number of imidazole rings is 1. The Kier molecular flexibility index (Phi) is 5.46. The molecule has 1 aliphatic heterocycles. The molecule has 1 fully saturated rings. The monoisotopic (exact) mass is 423 g/mol. The van der Waals surface area contributed by atoms with Crippen molar-refractivity contribution in [1.29, 1.82) is 0 Å². The number of aromatic nitrogens is 2. The second-order valence-electron chi connectivity index (χ2n) is 7.99. The van der Waals surface area contributed by atoms with E-state index >= 15 is 0 Å². The van der Waals surface area contributed by atoms with Crippen molar-refractivity contribution >= 4 is 28.7 Å². The zero-order valence-electron chi connectivity index (χ0n) is 18.0. The van der Waals surface area contributed by atoms with Crippen LogP contribution in [0.15, 0.2) is 84.9 Å². The van der Waals surface area contributed by atoms with Gasteiger partial charge in [0.15, 0.2) is 0 Å². The lowest BCUT2D eigenvalue weighted by Gasteiger charge is -2.18. The molecule has 0 aliphatic carbocycles. The number of amides is 1. The van der Waals surface area contributed by atoms with Gasteiger partial charge in [0, 0.05) is 37.2 Å². The van der Waals surface area contributed by atoms with Crippen LogP contribution in [0.4, 0.5) is 5.69 Å². The summed E-state index contributed by atoms with van der Waals surface area (Å²) in [5.41, 5.74) is 4.08. The minimum Gasteiger partial charge on any atom is -0.497 e. The summed E-state index contributed by atoms with van der Waals surface area (Å²) >= 11 is 0. The van der Waals surface area contributed by atoms with Gasteiger partial charge in [-0.2, -0.15) is 0 Å². The van der Waals surface area contributed by atoms with Gasteiger partial charge in [-0.3, -0.25) is 4.79 Å². The number of fused-ring (bicyclic) bond motifs is 1. The summed E-state index contributed by atoms with van der Waals surface area (Å²) in [6, 6.07) is 26.1. The van der Waals surface area contributed by atoms with Crippen LogP contribution in [0.5, 0.6) is 5.75 Å². The second kappa shape index (κ2) is 8.71. The third-order valence-electron chi connectivity index (χ3n) is 5.94. The molecule has 160 valence electrons. The third-order valence-corrected chi connectivity index (χ3v) is 5.94. The number of methoxy groups -OCH3 is 1. The van der Waals surface area contributed by atoms with E-state index in [9.17, 15) is 4.79 Å². The molecule has 5 heteroatoms. The normalized spacial score (nSPS) is 16.3. The van der Waals surface area contributed by atoms with Crippen molar-refractivity contribution in [1.82, 2.24) is 9.55 Å². The predicted molar refractivity (Wildman–Crippen MR) is 128 cm³/mol. The molecule has 0 saturated carbocycles. The fourth-order valence-electron chi connectivity index (χ4n) is 4.36. The largest absolute Gasteiger partial charge is 0.497 e. The van der Waals surface area contributed by atoms with E-state index in [2.05, 4.69) is 34.9 Å². The van der Waals surface area contributed by atoms with Gasteiger partial charge in [0.05, 0.1) is 18.1 Å². The first-order valence-corrected chi connectivity index (χ1v) is 10.8. The number of allylic oxidation sites excluding steroid dienone is 1. The van der Waals surface area contributed by atoms with E-state index in [0.717, 1.165) is 28.3 Å². The number of hydrogen-bond acceptors (Lipinski definition) is 3. The molecule has 0 bridgehead atoms. The molecule has 1 aromatic heterocycles. The predicted octanol–water partition coefficient (Wildman–Crippen LogP) is 5.28. The van der Waals surface area contributed by atoms with Crippen LogP contribution in [0.25, 0.3) is 17.1 Å². The summed E-state index contributed by atoms with van der Waals surface area (Å²) in [5, 5.41) is 0. The lowest BCUT2D eigenvalue weighted by molar-refractivity contribution is -0.117. The standard InChI is InChI=1S/C27H25N3O2/c1-32-23-13-7-12-22(18-23)30-19-21(17-26(30)31)27-28-24-14-5-6-15-25(24)29(27)16-8-11-20-9-3-2-4-10-20/h2-15,18,21H,16-17,19H2,1H3/b11-8+/t21-/m1/s1. The Morgan fingerprint density at radius 2 is 1.84 bits per heavy atom. The molecule has 0 N–H and O–H groups in total. The summed E-state index contributed by atoms with van der Waals surface area (Å²) in [6.45, 7) is 1.31. The topological polar surface area (TPSA) is 47.4 Å². The average molecular weight is 424 g/mol. The highest BCUT2D eigenvalue weighted by Gasteiger charge is 2.34. The Bertz CT molecular complexity index is 1280. The van der Waals surface area contributed by atoms with Crippen LogP contribution >= 0.6 is 0 Å². The summed E-state index contributed by atoms with van der Waals surface area (Å²) in [4.78, 5) is 19.7. The van der Waals surface area contributed by atoms with Crippen molar-refractivity contribution in [3.8, 4) is 5.75 Å². The van der Waals surface area contributed by atoms with E-state index in [1.54, 1.807) is 7.11 Å². The molecule has 5 rings (SSSR count). The number of nitrogens with zero attached hydrogens (tertiary/aromatic N) is 3. The van der Waals surface area contributed by atoms with Crippen molar-refractivity contribution in [2.45, 2.75) is 18.9 Å². The fourth-order valence-corrected chi connectivity index (χ4v) is 4.36. The highest BCUT2D eigenvalue weighted by molar-refractivity contribution is 5.96. The number of para-hydroxylation sites is 2. The van der Waals surface area contributed by atoms with Gasteiger partial charge >= 0.3 is 0 Å². The van der Waals surface area contributed by atoms with Crippen molar-refractivity contribution in [3.05, 3.63) is 96.3 Å². The number of hydrogen-bond donors (Lipinski definition) is 0. The Morgan fingerprint density at radius 1 is 1.03 bits per heavy atom. The van der Waals surface area contributed by atoms with E-state index in [0.29, 0.717) is 19.5 Å². The first kappa shape index (κ1) is 20.1. The molecule has 4 aromatic rings. The van der Waals surface area contributed by atoms with E-state index < -0.39 is 0 Å². The molecular weight excluding hydrogens is 398 g/mol. The number of rotatable bonds is 6. The lowest BCUT2D eigenvalue weighted by atomic mass is 10.1. The van der Waals surface area contributed by atoms with Gasteiger partial charge in [-0.1, -0.05) is 60.7 Å². The van der Waals surface area contributed by atoms with Gasteiger partial charge in [0.2, 0.25) is 5.91 Å². The molecule has 1 amide bonds. The molecule has 2 heterocycles. The highest BCUT2D eigenvalue weighted by atomic mass is 16.5. The highest BCUT2D eigenvalue weighted by Crippen LogP contribution is 2.34. The summed E-state index contributed by atoms with van der Waals surface area (Å²) in [5.74, 6) is 1.85. The summed E-state index contributed by atoms with van der Waals surface area (Å²) in [7, 11) is 1.64. The van der Waals surface area contributed by atoms with Crippen molar-refractivity contribution in [2.24, 2.45) is 0 Å². The Labute approximate surface area is 187 Å². The van der Waals surface area contributed by atoms with Gasteiger partial charge < -0.3 is 14.2 Å². The quantitative estimate of drug-likeness (QED) is 0.424. The molecule has 0 radical (unpaired) electrons. The number of carbonyl (C=O) groups is 1. The maximum absolute atomic E-state index is 12.9. The van der Waals surface area contributed by atoms with Crippen LogP contribution in [0.1, 0.15) is 23.7 Å².